The van der Waals surface area contributed by atoms with Crippen LogP contribution in [0.4, 0.5) is 8.78 Å². The number of rotatable bonds is 5. The lowest BCUT2D eigenvalue weighted by atomic mass is 10.1. The number of carbonyl (C=O) groups is 1. The van der Waals surface area contributed by atoms with Gasteiger partial charge in [-0.2, -0.15) is 0 Å². The molecule has 1 aromatic heterocycles. The minimum absolute atomic E-state index is 0.0678. The van der Waals surface area contributed by atoms with Crippen molar-refractivity contribution in [3.8, 4) is 0 Å². The summed E-state index contributed by atoms with van der Waals surface area (Å²) >= 11 is 4.97. The van der Waals surface area contributed by atoms with Crippen molar-refractivity contribution in [2.45, 2.75) is 25.1 Å². The molecule has 3 nitrogen and oxygen atoms in total. The fourth-order valence-electron chi connectivity index (χ4n) is 1.47. The fraction of sp³-hybridized carbons (Fsp3) is 0.455. The largest absolute Gasteiger partial charge is 0.466 e. The van der Waals surface area contributed by atoms with Gasteiger partial charge in [-0.1, -0.05) is 15.9 Å². The van der Waals surface area contributed by atoms with Crippen molar-refractivity contribution in [2.75, 3.05) is 6.61 Å². The monoisotopic (exact) mass is 433 g/mol. The highest BCUT2D eigenvalue weighted by Gasteiger charge is 2.21. The van der Waals surface area contributed by atoms with Gasteiger partial charge in [0.25, 0.3) is 6.43 Å². The van der Waals surface area contributed by atoms with E-state index in [-0.39, 0.29) is 23.9 Å². The van der Waals surface area contributed by atoms with Crippen LogP contribution in [-0.4, -0.2) is 17.6 Å². The molecule has 100 valence electrons. The Balaban J connectivity index is 3.13. The first-order valence-corrected chi connectivity index (χ1v) is 7.37. The number of hydrogen-bond acceptors (Lipinski definition) is 3. The molecule has 0 saturated heterocycles. The lowest BCUT2D eigenvalue weighted by Crippen LogP contribution is -2.12. The minimum Gasteiger partial charge on any atom is -0.466 e. The number of nitrogens with zero attached hydrogens (tertiary/aromatic N) is 1. The Kier molecular flexibility index (Phi) is 6.40. The molecule has 0 N–H and O–H groups in total. The summed E-state index contributed by atoms with van der Waals surface area (Å²) in [4.78, 5) is 15.4. The van der Waals surface area contributed by atoms with Gasteiger partial charge >= 0.3 is 5.97 Å². The van der Waals surface area contributed by atoms with E-state index in [1.165, 1.54) is 6.20 Å². The average molecular weight is 434 g/mol. The van der Waals surface area contributed by atoms with Crippen molar-refractivity contribution in [1.82, 2.24) is 4.98 Å². The van der Waals surface area contributed by atoms with Crippen LogP contribution in [0.25, 0.3) is 0 Å². The van der Waals surface area contributed by atoms with Crippen LogP contribution in [-0.2, 0) is 21.3 Å². The summed E-state index contributed by atoms with van der Waals surface area (Å²) in [7, 11) is 0. The van der Waals surface area contributed by atoms with Gasteiger partial charge in [-0.25, -0.2) is 8.78 Å². The van der Waals surface area contributed by atoms with Gasteiger partial charge in [0.1, 0.15) is 0 Å². The SMILES string of the molecule is CCOC(=O)Cc1ncc(I)c(C(F)F)c1CBr. The highest BCUT2D eigenvalue weighted by atomic mass is 127. The minimum atomic E-state index is -2.59. The summed E-state index contributed by atoms with van der Waals surface area (Å²) < 4.78 is 31.1. The molecule has 0 aliphatic heterocycles. The van der Waals surface area contributed by atoms with E-state index in [0.717, 1.165) is 0 Å². The predicted molar refractivity (Wildman–Crippen MR) is 74.9 cm³/mol. The topological polar surface area (TPSA) is 39.2 Å². The summed E-state index contributed by atoms with van der Waals surface area (Å²) in [6, 6.07) is 0. The first kappa shape index (κ1) is 15.7. The summed E-state index contributed by atoms with van der Waals surface area (Å²) in [5.41, 5.74) is 0.632. The summed E-state index contributed by atoms with van der Waals surface area (Å²) in [6.45, 7) is 1.95. The first-order valence-electron chi connectivity index (χ1n) is 5.17. The molecular weight excluding hydrogens is 423 g/mol. The molecule has 1 aromatic rings. The van der Waals surface area contributed by atoms with Gasteiger partial charge in [-0.3, -0.25) is 9.78 Å². The van der Waals surface area contributed by atoms with E-state index >= 15 is 0 Å². The molecule has 0 aromatic carbocycles. The number of ether oxygens (including phenoxy) is 1. The van der Waals surface area contributed by atoms with Gasteiger partial charge < -0.3 is 4.74 Å². The van der Waals surface area contributed by atoms with Crippen LogP contribution in [0.15, 0.2) is 6.20 Å². The second kappa shape index (κ2) is 7.32. The Labute approximate surface area is 126 Å². The number of hydrogen-bond donors (Lipinski definition) is 0. The van der Waals surface area contributed by atoms with Crippen molar-refractivity contribution in [2.24, 2.45) is 0 Å². The second-order valence-electron chi connectivity index (χ2n) is 3.36. The number of esters is 1. The smallest absolute Gasteiger partial charge is 0.311 e. The molecule has 0 amide bonds. The van der Waals surface area contributed by atoms with E-state index in [2.05, 4.69) is 20.9 Å². The third kappa shape index (κ3) is 3.84. The maximum absolute atomic E-state index is 13.0. The van der Waals surface area contributed by atoms with Crippen LogP contribution >= 0.6 is 38.5 Å². The Morgan fingerprint density at radius 3 is 2.78 bits per heavy atom. The van der Waals surface area contributed by atoms with E-state index in [1.54, 1.807) is 6.92 Å². The second-order valence-corrected chi connectivity index (χ2v) is 5.08. The third-order valence-electron chi connectivity index (χ3n) is 2.23. The molecule has 0 aliphatic carbocycles. The zero-order valence-corrected chi connectivity index (χ0v) is 13.3. The average Bonchev–Trinajstić information content (AvgIpc) is 2.30. The fourth-order valence-corrected chi connectivity index (χ4v) is 2.79. The molecule has 0 unspecified atom stereocenters. The number of halogens is 4. The first-order chi connectivity index (χ1) is 8.51. The van der Waals surface area contributed by atoms with E-state index in [0.29, 0.717) is 14.8 Å². The van der Waals surface area contributed by atoms with Crippen molar-refractivity contribution in [3.05, 3.63) is 26.6 Å². The molecule has 0 bridgehead atoms. The molecule has 0 spiro atoms. The quantitative estimate of drug-likeness (QED) is 0.404. The summed E-state index contributed by atoms with van der Waals surface area (Å²) in [5.74, 6) is -0.464. The molecule has 0 aliphatic rings. The highest BCUT2D eigenvalue weighted by molar-refractivity contribution is 14.1. The van der Waals surface area contributed by atoms with Gasteiger partial charge in [0.05, 0.1) is 18.7 Å². The number of pyridine rings is 1. The van der Waals surface area contributed by atoms with Crippen molar-refractivity contribution < 1.29 is 18.3 Å². The Morgan fingerprint density at radius 1 is 1.61 bits per heavy atom. The van der Waals surface area contributed by atoms with E-state index in [1.807, 2.05) is 22.6 Å². The van der Waals surface area contributed by atoms with Gasteiger partial charge in [0.15, 0.2) is 0 Å². The van der Waals surface area contributed by atoms with Gasteiger partial charge in [0.2, 0.25) is 0 Å². The maximum Gasteiger partial charge on any atom is 0.311 e. The lowest BCUT2D eigenvalue weighted by Gasteiger charge is -2.13. The number of carbonyl (C=O) groups excluding carboxylic acids is 1. The summed E-state index contributed by atoms with van der Waals surface area (Å²) in [5, 5.41) is 0.227. The molecular formula is C11H11BrF2INO2. The van der Waals surface area contributed by atoms with Crippen molar-refractivity contribution in [3.63, 3.8) is 0 Å². The number of aromatic nitrogens is 1. The van der Waals surface area contributed by atoms with Crippen LogP contribution in [0.5, 0.6) is 0 Å². The Morgan fingerprint density at radius 2 is 2.28 bits per heavy atom. The van der Waals surface area contributed by atoms with Crippen molar-refractivity contribution >= 4 is 44.5 Å². The molecule has 7 heteroatoms. The van der Waals surface area contributed by atoms with Crippen molar-refractivity contribution in [1.29, 1.82) is 0 Å². The van der Waals surface area contributed by atoms with Gasteiger partial charge in [-0.15, -0.1) is 0 Å². The van der Waals surface area contributed by atoms with Crippen LogP contribution in [0.2, 0.25) is 0 Å². The van der Waals surface area contributed by atoms with E-state index in [4.69, 9.17) is 4.74 Å². The van der Waals surface area contributed by atoms with Gasteiger partial charge in [-0.05, 0) is 35.1 Å². The molecule has 0 atom stereocenters. The molecule has 1 rings (SSSR count). The highest BCUT2D eigenvalue weighted by Crippen LogP contribution is 2.30. The van der Waals surface area contributed by atoms with Crippen LogP contribution < -0.4 is 0 Å². The Hall–Kier alpha value is -0.310. The van der Waals surface area contributed by atoms with E-state index < -0.39 is 12.4 Å². The summed E-state index contributed by atoms with van der Waals surface area (Å²) in [6.07, 6.45) is -1.33. The van der Waals surface area contributed by atoms with Gasteiger partial charge in [0, 0.05) is 20.7 Å². The molecule has 1 heterocycles. The normalized spacial score (nSPS) is 10.8. The van der Waals surface area contributed by atoms with E-state index in [9.17, 15) is 13.6 Å². The third-order valence-corrected chi connectivity index (χ3v) is 3.65. The molecule has 0 fully saturated rings. The van der Waals surface area contributed by atoms with Crippen LogP contribution in [0.3, 0.4) is 0 Å². The predicted octanol–water partition coefficient (Wildman–Crippen LogP) is 3.62. The zero-order valence-electron chi connectivity index (χ0n) is 9.55. The lowest BCUT2D eigenvalue weighted by molar-refractivity contribution is -0.142. The maximum atomic E-state index is 13.0. The molecule has 0 saturated carbocycles. The zero-order chi connectivity index (χ0) is 13.7. The molecule has 0 radical (unpaired) electrons. The molecule has 18 heavy (non-hydrogen) atoms. The van der Waals surface area contributed by atoms with Crippen LogP contribution in [0, 0.1) is 3.57 Å². The van der Waals surface area contributed by atoms with Crippen LogP contribution in [0.1, 0.15) is 30.2 Å². The standard InChI is InChI=1S/C11H11BrF2INO2/c1-2-18-9(17)3-8-6(4-12)10(11(13)14)7(15)5-16-8/h5,11H,2-4H2,1H3. The number of alkyl halides is 3. The Bertz CT molecular complexity index is 443.